The number of nitrogens with zero attached hydrogens (tertiary/aromatic N) is 1. The lowest BCUT2D eigenvalue weighted by Crippen LogP contribution is -1.92. The Morgan fingerprint density at radius 2 is 2.17 bits per heavy atom. The fourth-order valence-corrected chi connectivity index (χ4v) is 0.857. The predicted octanol–water partition coefficient (Wildman–Crippen LogP) is 1.40. The van der Waals surface area contributed by atoms with Crippen LogP contribution in [0.2, 0.25) is 0 Å². The second-order valence-corrected chi connectivity index (χ2v) is 2.28. The summed E-state index contributed by atoms with van der Waals surface area (Å²) in [6.07, 6.45) is 0.0958. The maximum Gasteiger partial charge on any atom is 0.272 e. The quantitative estimate of drug-likeness (QED) is 0.377. The van der Waals surface area contributed by atoms with Crippen LogP contribution in [0.1, 0.15) is 5.56 Å². The molecule has 0 bridgehead atoms. The second-order valence-electron chi connectivity index (χ2n) is 2.28. The predicted molar refractivity (Wildman–Crippen MR) is 42.5 cm³/mol. The molecule has 2 radical (unpaired) electrons. The number of hydrogen-bond donors (Lipinski definition) is 0. The van der Waals surface area contributed by atoms with Gasteiger partial charge in [0.05, 0.1) is 18.8 Å². The van der Waals surface area contributed by atoms with E-state index in [1.807, 2.05) is 0 Å². The van der Waals surface area contributed by atoms with E-state index in [4.69, 9.17) is 7.85 Å². The van der Waals surface area contributed by atoms with Crippen LogP contribution in [-0.2, 0) is 6.32 Å². The van der Waals surface area contributed by atoms with E-state index in [1.54, 1.807) is 0 Å². The molecule has 0 saturated carbocycles. The Hall–Kier alpha value is -1.39. The zero-order valence-electron chi connectivity index (χ0n) is 6.16. The van der Waals surface area contributed by atoms with Crippen LogP contribution < -0.4 is 0 Å². The first-order chi connectivity index (χ1) is 5.63. The molecule has 60 valence electrons. The van der Waals surface area contributed by atoms with Gasteiger partial charge in [0, 0.05) is 6.07 Å². The van der Waals surface area contributed by atoms with Crippen molar-refractivity contribution in [2.75, 3.05) is 0 Å². The molecule has 0 unspecified atom stereocenters. The average Bonchev–Trinajstić information content (AvgIpc) is 2.03. The van der Waals surface area contributed by atoms with E-state index in [2.05, 4.69) is 0 Å². The highest BCUT2D eigenvalue weighted by Gasteiger charge is 2.07. The summed E-state index contributed by atoms with van der Waals surface area (Å²) in [5, 5.41) is 10.2. The van der Waals surface area contributed by atoms with Crippen LogP contribution in [0, 0.1) is 15.9 Å². The normalized spacial score (nSPS) is 9.75. The topological polar surface area (TPSA) is 43.1 Å². The number of rotatable bonds is 2. The van der Waals surface area contributed by atoms with Gasteiger partial charge >= 0.3 is 0 Å². The molecule has 0 fully saturated rings. The minimum absolute atomic E-state index is 0.0958. The summed E-state index contributed by atoms with van der Waals surface area (Å²) in [4.78, 5) is 9.57. The van der Waals surface area contributed by atoms with Gasteiger partial charge in [0.15, 0.2) is 0 Å². The van der Waals surface area contributed by atoms with E-state index in [1.165, 1.54) is 12.1 Å². The maximum absolute atomic E-state index is 12.6. The molecule has 5 heteroatoms. The number of non-ortho nitro benzene ring substituents is 1. The SMILES string of the molecule is [B]Cc1cc(F)cc([N+](=O)[O-])c1. The molecule has 0 saturated heterocycles. The summed E-state index contributed by atoms with van der Waals surface area (Å²) in [7, 11) is 5.20. The van der Waals surface area contributed by atoms with Crippen LogP contribution in [-0.4, -0.2) is 12.8 Å². The van der Waals surface area contributed by atoms with Gasteiger partial charge in [-0.15, -0.1) is 0 Å². The molecule has 1 aromatic carbocycles. The first-order valence-electron chi connectivity index (χ1n) is 3.27. The van der Waals surface area contributed by atoms with Crippen molar-refractivity contribution in [2.24, 2.45) is 0 Å². The molecule has 0 aliphatic carbocycles. The summed E-state index contributed by atoms with van der Waals surface area (Å²) in [5.41, 5.74) is 0.150. The van der Waals surface area contributed by atoms with Crippen molar-refractivity contribution in [2.45, 2.75) is 6.32 Å². The first kappa shape index (κ1) is 8.71. The number of hydrogen-bond acceptors (Lipinski definition) is 2. The standard InChI is InChI=1S/C7H5BFNO2/c8-4-5-1-6(9)3-7(2-5)10(11)12/h1-3H,4H2. The van der Waals surface area contributed by atoms with E-state index in [-0.39, 0.29) is 12.0 Å². The van der Waals surface area contributed by atoms with Gasteiger partial charge in [-0.05, 0) is 11.6 Å². The van der Waals surface area contributed by atoms with E-state index in [0.29, 0.717) is 5.56 Å². The Morgan fingerprint density at radius 3 is 2.67 bits per heavy atom. The van der Waals surface area contributed by atoms with Crippen molar-refractivity contribution in [3.8, 4) is 0 Å². The van der Waals surface area contributed by atoms with Crippen LogP contribution in [0.15, 0.2) is 18.2 Å². The smallest absolute Gasteiger partial charge is 0.258 e. The fraction of sp³-hybridized carbons (Fsp3) is 0.143. The van der Waals surface area contributed by atoms with Crippen molar-refractivity contribution >= 4 is 13.5 Å². The van der Waals surface area contributed by atoms with Gasteiger partial charge in [-0.25, -0.2) is 4.39 Å². The number of nitro groups is 1. The minimum Gasteiger partial charge on any atom is -0.258 e. The van der Waals surface area contributed by atoms with Crippen LogP contribution in [0.5, 0.6) is 0 Å². The Kier molecular flexibility index (Phi) is 2.42. The van der Waals surface area contributed by atoms with Crippen molar-refractivity contribution < 1.29 is 9.31 Å². The van der Waals surface area contributed by atoms with Gasteiger partial charge in [0.2, 0.25) is 0 Å². The highest BCUT2D eigenvalue weighted by atomic mass is 19.1. The Bertz CT molecular complexity index is 316. The molecule has 0 aromatic heterocycles. The van der Waals surface area contributed by atoms with Crippen LogP contribution in [0.3, 0.4) is 0 Å². The molecule has 0 aliphatic rings. The van der Waals surface area contributed by atoms with E-state index in [0.717, 1.165) is 6.07 Å². The molecular weight excluding hydrogens is 160 g/mol. The Labute approximate surface area is 69.8 Å². The second kappa shape index (κ2) is 3.34. The third-order valence-electron chi connectivity index (χ3n) is 1.39. The molecular formula is C7H5BFNO2. The molecule has 0 atom stereocenters. The summed E-state index contributed by atoms with van der Waals surface area (Å²) >= 11 is 0. The van der Waals surface area contributed by atoms with Crippen LogP contribution >= 0.6 is 0 Å². The molecule has 0 aliphatic heterocycles. The van der Waals surface area contributed by atoms with Gasteiger partial charge in [0.25, 0.3) is 5.69 Å². The molecule has 1 rings (SSSR count). The minimum atomic E-state index is -0.651. The lowest BCUT2D eigenvalue weighted by Gasteiger charge is -1.96. The zero-order valence-corrected chi connectivity index (χ0v) is 6.16. The van der Waals surface area contributed by atoms with Gasteiger partial charge in [-0.3, -0.25) is 10.1 Å². The number of nitro benzene ring substituents is 1. The zero-order chi connectivity index (χ0) is 9.14. The highest BCUT2D eigenvalue weighted by Crippen LogP contribution is 2.15. The fourth-order valence-electron chi connectivity index (χ4n) is 0.857. The lowest BCUT2D eigenvalue weighted by atomic mass is 9.97. The molecule has 0 N–H and O–H groups in total. The third kappa shape index (κ3) is 1.81. The summed E-state index contributed by atoms with van der Waals surface area (Å²) in [5.74, 6) is -0.635. The van der Waals surface area contributed by atoms with Gasteiger partial charge < -0.3 is 0 Å². The van der Waals surface area contributed by atoms with Crippen molar-refractivity contribution in [1.82, 2.24) is 0 Å². The maximum atomic E-state index is 12.6. The van der Waals surface area contributed by atoms with Crippen LogP contribution in [0.4, 0.5) is 10.1 Å². The Morgan fingerprint density at radius 1 is 1.50 bits per heavy atom. The van der Waals surface area contributed by atoms with Crippen molar-refractivity contribution in [1.29, 1.82) is 0 Å². The first-order valence-corrected chi connectivity index (χ1v) is 3.27. The molecule has 0 amide bonds. The molecule has 3 nitrogen and oxygen atoms in total. The largest absolute Gasteiger partial charge is 0.272 e. The molecule has 0 spiro atoms. The third-order valence-corrected chi connectivity index (χ3v) is 1.39. The molecule has 1 aromatic rings. The van der Waals surface area contributed by atoms with E-state index >= 15 is 0 Å². The Balaban J connectivity index is 3.15. The van der Waals surface area contributed by atoms with Gasteiger partial charge in [-0.2, -0.15) is 0 Å². The number of benzene rings is 1. The van der Waals surface area contributed by atoms with E-state index < -0.39 is 10.7 Å². The lowest BCUT2D eigenvalue weighted by molar-refractivity contribution is -0.385. The molecule has 0 heterocycles. The molecule has 12 heavy (non-hydrogen) atoms. The summed E-state index contributed by atoms with van der Waals surface area (Å²) in [6.45, 7) is 0. The summed E-state index contributed by atoms with van der Waals surface area (Å²) in [6, 6.07) is 3.29. The summed E-state index contributed by atoms with van der Waals surface area (Å²) < 4.78 is 12.6. The average molecular weight is 165 g/mol. The van der Waals surface area contributed by atoms with Crippen molar-refractivity contribution in [3.05, 3.63) is 39.7 Å². The number of halogens is 1. The van der Waals surface area contributed by atoms with Crippen LogP contribution in [0.25, 0.3) is 0 Å². The van der Waals surface area contributed by atoms with Gasteiger partial charge in [0.1, 0.15) is 5.82 Å². The van der Waals surface area contributed by atoms with Crippen molar-refractivity contribution in [3.63, 3.8) is 0 Å². The highest BCUT2D eigenvalue weighted by molar-refractivity contribution is 6.08. The monoisotopic (exact) mass is 165 g/mol. The van der Waals surface area contributed by atoms with E-state index in [9.17, 15) is 14.5 Å². The van der Waals surface area contributed by atoms with Gasteiger partial charge in [-0.1, -0.05) is 6.32 Å².